The molecular weight excluding hydrogens is 248 g/mol. The van der Waals surface area contributed by atoms with E-state index in [1.54, 1.807) is 0 Å². The molecule has 0 aliphatic heterocycles. The summed E-state index contributed by atoms with van der Waals surface area (Å²) in [4.78, 5) is 22.4. The molecule has 19 heavy (non-hydrogen) atoms. The van der Waals surface area contributed by atoms with Gasteiger partial charge in [0.15, 0.2) is 0 Å². The Morgan fingerprint density at radius 1 is 1.26 bits per heavy atom. The standard InChI is InChI=1S/C13H18N2O4/c1-2-3-4-5-10-14(13(16)17)11-6-8-12(9-7-11)15(18)19/h6-9H,2-5,10H2,1H3,(H,16,17). The van der Waals surface area contributed by atoms with Crippen LogP contribution in [0.2, 0.25) is 0 Å². The molecule has 1 rings (SSSR count). The number of hydrogen-bond acceptors (Lipinski definition) is 3. The van der Waals surface area contributed by atoms with E-state index in [0.29, 0.717) is 12.2 Å². The van der Waals surface area contributed by atoms with Gasteiger partial charge in [0.25, 0.3) is 5.69 Å². The second kappa shape index (κ2) is 7.35. The Hall–Kier alpha value is -2.11. The minimum atomic E-state index is -1.04. The van der Waals surface area contributed by atoms with Gasteiger partial charge in [0.1, 0.15) is 0 Å². The number of amides is 1. The average molecular weight is 266 g/mol. The van der Waals surface area contributed by atoms with Gasteiger partial charge in [-0.25, -0.2) is 4.79 Å². The molecule has 0 unspecified atom stereocenters. The van der Waals surface area contributed by atoms with Gasteiger partial charge in [0.2, 0.25) is 0 Å². The van der Waals surface area contributed by atoms with Crippen molar-refractivity contribution < 1.29 is 14.8 Å². The van der Waals surface area contributed by atoms with Gasteiger partial charge < -0.3 is 5.11 Å². The molecule has 1 aromatic rings. The van der Waals surface area contributed by atoms with Crippen molar-refractivity contribution in [1.82, 2.24) is 0 Å². The second-order valence-electron chi connectivity index (χ2n) is 4.27. The van der Waals surface area contributed by atoms with Crippen molar-refractivity contribution in [2.24, 2.45) is 0 Å². The molecule has 1 N–H and O–H groups in total. The third-order valence-electron chi connectivity index (χ3n) is 2.84. The quantitative estimate of drug-likeness (QED) is 0.463. The first-order chi connectivity index (χ1) is 9.06. The largest absolute Gasteiger partial charge is 0.465 e. The zero-order valence-corrected chi connectivity index (χ0v) is 10.9. The van der Waals surface area contributed by atoms with E-state index in [9.17, 15) is 14.9 Å². The molecule has 0 aliphatic rings. The Bertz CT molecular complexity index is 431. The summed E-state index contributed by atoms with van der Waals surface area (Å²) < 4.78 is 0. The summed E-state index contributed by atoms with van der Waals surface area (Å²) in [7, 11) is 0. The van der Waals surface area contributed by atoms with Crippen LogP contribution in [0, 0.1) is 10.1 Å². The lowest BCUT2D eigenvalue weighted by Gasteiger charge is -2.19. The third-order valence-corrected chi connectivity index (χ3v) is 2.84. The SMILES string of the molecule is CCCCCCN(C(=O)O)c1ccc([N+](=O)[O-])cc1. The average Bonchev–Trinajstić information content (AvgIpc) is 2.38. The van der Waals surface area contributed by atoms with Gasteiger partial charge in [0, 0.05) is 24.4 Å². The summed E-state index contributed by atoms with van der Waals surface area (Å²) in [6, 6.07) is 5.56. The second-order valence-corrected chi connectivity index (χ2v) is 4.27. The molecule has 0 saturated carbocycles. The molecule has 6 heteroatoms. The molecule has 0 saturated heterocycles. The van der Waals surface area contributed by atoms with Crippen molar-refractivity contribution in [3.8, 4) is 0 Å². The Morgan fingerprint density at radius 2 is 1.89 bits per heavy atom. The number of benzene rings is 1. The number of rotatable bonds is 7. The summed E-state index contributed by atoms with van der Waals surface area (Å²) in [5.41, 5.74) is 0.426. The summed E-state index contributed by atoms with van der Waals surface area (Å²) in [6.07, 6.45) is 2.90. The first-order valence-electron chi connectivity index (χ1n) is 6.31. The van der Waals surface area contributed by atoms with Crippen molar-refractivity contribution in [3.05, 3.63) is 34.4 Å². The fourth-order valence-corrected chi connectivity index (χ4v) is 1.79. The van der Waals surface area contributed by atoms with Crippen LogP contribution >= 0.6 is 0 Å². The van der Waals surface area contributed by atoms with Crippen LogP contribution in [0.3, 0.4) is 0 Å². The predicted octanol–water partition coefficient (Wildman–Crippen LogP) is 3.66. The number of non-ortho nitro benzene ring substituents is 1. The van der Waals surface area contributed by atoms with Gasteiger partial charge in [-0.1, -0.05) is 26.2 Å². The molecule has 0 bridgehead atoms. The Morgan fingerprint density at radius 3 is 2.37 bits per heavy atom. The molecule has 0 spiro atoms. The van der Waals surface area contributed by atoms with Crippen LogP contribution in [-0.4, -0.2) is 22.7 Å². The molecular formula is C13H18N2O4. The number of anilines is 1. The fourth-order valence-electron chi connectivity index (χ4n) is 1.79. The number of nitro groups is 1. The fraction of sp³-hybridized carbons (Fsp3) is 0.462. The van der Waals surface area contributed by atoms with E-state index < -0.39 is 11.0 Å². The van der Waals surface area contributed by atoms with Crippen molar-refractivity contribution in [2.75, 3.05) is 11.4 Å². The Labute approximate surface area is 111 Å². The molecule has 1 aromatic carbocycles. The van der Waals surface area contributed by atoms with Gasteiger partial charge in [0.05, 0.1) is 4.92 Å². The van der Waals surface area contributed by atoms with E-state index in [2.05, 4.69) is 6.92 Å². The molecule has 6 nitrogen and oxygen atoms in total. The van der Waals surface area contributed by atoms with Crippen molar-refractivity contribution in [2.45, 2.75) is 32.6 Å². The summed E-state index contributed by atoms with van der Waals surface area (Å²) >= 11 is 0. The topological polar surface area (TPSA) is 83.7 Å². The zero-order chi connectivity index (χ0) is 14.3. The molecule has 0 fully saturated rings. The van der Waals surface area contributed by atoms with Crippen molar-refractivity contribution >= 4 is 17.5 Å². The molecule has 0 radical (unpaired) electrons. The van der Waals surface area contributed by atoms with Gasteiger partial charge in [-0.15, -0.1) is 0 Å². The smallest absolute Gasteiger partial charge is 0.411 e. The highest BCUT2D eigenvalue weighted by Crippen LogP contribution is 2.20. The van der Waals surface area contributed by atoms with Crippen LogP contribution in [0.4, 0.5) is 16.2 Å². The first kappa shape index (κ1) is 14.9. The zero-order valence-electron chi connectivity index (χ0n) is 10.9. The molecule has 0 atom stereocenters. The maximum atomic E-state index is 11.2. The molecule has 0 heterocycles. The van der Waals surface area contributed by atoms with Crippen LogP contribution in [0.1, 0.15) is 32.6 Å². The van der Waals surface area contributed by atoms with Gasteiger partial charge in [-0.3, -0.25) is 15.0 Å². The summed E-state index contributed by atoms with van der Waals surface area (Å²) in [5.74, 6) is 0. The van der Waals surface area contributed by atoms with Crippen LogP contribution in [0.5, 0.6) is 0 Å². The first-order valence-corrected chi connectivity index (χ1v) is 6.31. The molecule has 0 aliphatic carbocycles. The maximum absolute atomic E-state index is 11.2. The van der Waals surface area contributed by atoms with Crippen LogP contribution in [-0.2, 0) is 0 Å². The maximum Gasteiger partial charge on any atom is 0.411 e. The van der Waals surface area contributed by atoms with Crippen molar-refractivity contribution in [1.29, 1.82) is 0 Å². The number of unbranched alkanes of at least 4 members (excludes halogenated alkanes) is 3. The lowest BCUT2D eigenvalue weighted by atomic mass is 10.2. The highest BCUT2D eigenvalue weighted by atomic mass is 16.6. The molecule has 0 aromatic heterocycles. The predicted molar refractivity (Wildman–Crippen MR) is 72.6 cm³/mol. The van der Waals surface area contributed by atoms with Crippen LogP contribution in [0.25, 0.3) is 0 Å². The lowest BCUT2D eigenvalue weighted by molar-refractivity contribution is -0.384. The highest BCUT2D eigenvalue weighted by Gasteiger charge is 2.15. The van der Waals surface area contributed by atoms with E-state index in [1.807, 2.05) is 0 Å². The highest BCUT2D eigenvalue weighted by molar-refractivity contribution is 5.86. The Balaban J connectivity index is 2.70. The summed E-state index contributed by atoms with van der Waals surface area (Å²) in [6.45, 7) is 2.50. The van der Waals surface area contributed by atoms with E-state index in [-0.39, 0.29) is 5.69 Å². The Kier molecular flexibility index (Phi) is 5.78. The van der Waals surface area contributed by atoms with Gasteiger partial charge >= 0.3 is 6.09 Å². The number of carboxylic acid groups (broad SMARTS) is 1. The molecule has 104 valence electrons. The minimum Gasteiger partial charge on any atom is -0.465 e. The van der Waals surface area contributed by atoms with Gasteiger partial charge in [-0.05, 0) is 18.6 Å². The van der Waals surface area contributed by atoms with E-state index in [1.165, 1.54) is 29.2 Å². The van der Waals surface area contributed by atoms with E-state index >= 15 is 0 Å². The third kappa shape index (κ3) is 4.57. The lowest BCUT2D eigenvalue weighted by Crippen LogP contribution is -2.30. The number of nitrogens with zero attached hydrogens (tertiary/aromatic N) is 2. The van der Waals surface area contributed by atoms with E-state index in [0.717, 1.165) is 25.7 Å². The number of hydrogen-bond donors (Lipinski definition) is 1. The van der Waals surface area contributed by atoms with Crippen LogP contribution < -0.4 is 4.90 Å². The number of carbonyl (C=O) groups is 1. The minimum absolute atomic E-state index is 0.0416. The number of nitro benzene ring substituents is 1. The molecule has 1 amide bonds. The monoisotopic (exact) mass is 266 g/mol. The van der Waals surface area contributed by atoms with Gasteiger partial charge in [-0.2, -0.15) is 0 Å². The van der Waals surface area contributed by atoms with E-state index in [4.69, 9.17) is 5.11 Å². The normalized spacial score (nSPS) is 10.2. The summed E-state index contributed by atoms with van der Waals surface area (Å²) in [5, 5.41) is 19.7. The van der Waals surface area contributed by atoms with Crippen molar-refractivity contribution in [3.63, 3.8) is 0 Å². The van der Waals surface area contributed by atoms with Crippen LogP contribution in [0.15, 0.2) is 24.3 Å².